The van der Waals surface area contributed by atoms with Crippen LogP contribution in [0.25, 0.3) is 0 Å². The average Bonchev–Trinajstić information content (AvgIpc) is 3.00. The Morgan fingerprint density at radius 3 is 3.00 bits per heavy atom. The Morgan fingerprint density at radius 2 is 2.29 bits per heavy atom. The number of rotatable bonds is 5. The van der Waals surface area contributed by atoms with Crippen molar-refractivity contribution in [1.29, 1.82) is 5.26 Å². The molecule has 0 amide bonds. The normalized spacial score (nSPS) is 18.3. The Morgan fingerprint density at radius 1 is 1.42 bits per heavy atom. The molecule has 3 rings (SSSR count). The van der Waals surface area contributed by atoms with Crippen LogP contribution in [0.15, 0.2) is 30.6 Å². The number of hydrogen-bond acceptors (Lipinski definition) is 4. The van der Waals surface area contributed by atoms with Crippen LogP contribution in [0.4, 0.5) is 0 Å². The van der Waals surface area contributed by atoms with E-state index in [2.05, 4.69) is 27.6 Å². The van der Waals surface area contributed by atoms with Crippen LogP contribution >= 0.6 is 0 Å². The molecule has 1 fully saturated rings. The summed E-state index contributed by atoms with van der Waals surface area (Å²) in [5.74, 6) is 2.65. The first-order chi connectivity index (χ1) is 11.7. The molecule has 1 saturated heterocycles. The monoisotopic (exact) mass is 324 g/mol. The molecule has 1 aliphatic heterocycles. The first-order valence-electron chi connectivity index (χ1n) is 8.45. The predicted molar refractivity (Wildman–Crippen MR) is 92.6 cm³/mol. The summed E-state index contributed by atoms with van der Waals surface area (Å²) in [7, 11) is 3.74. The van der Waals surface area contributed by atoms with Crippen molar-refractivity contribution in [2.24, 2.45) is 13.0 Å². The topological polar surface area (TPSA) is 54.1 Å². The number of piperidine rings is 1. The van der Waals surface area contributed by atoms with E-state index >= 15 is 0 Å². The lowest BCUT2D eigenvalue weighted by molar-refractivity contribution is 0.164. The molecule has 1 aliphatic rings. The fraction of sp³-hybridized carbons (Fsp3) is 0.474. The zero-order valence-corrected chi connectivity index (χ0v) is 14.4. The van der Waals surface area contributed by atoms with Gasteiger partial charge in [0.2, 0.25) is 0 Å². The number of nitrogens with zero attached hydrogens (tertiary/aromatic N) is 4. The van der Waals surface area contributed by atoms with Crippen LogP contribution in [0.1, 0.15) is 29.8 Å². The van der Waals surface area contributed by atoms with E-state index in [1.54, 1.807) is 7.11 Å². The number of hydrogen-bond donors (Lipinski definition) is 0. The van der Waals surface area contributed by atoms with Crippen LogP contribution in [-0.2, 0) is 20.0 Å². The van der Waals surface area contributed by atoms with Gasteiger partial charge < -0.3 is 9.30 Å². The van der Waals surface area contributed by atoms with Gasteiger partial charge in [-0.3, -0.25) is 4.90 Å². The summed E-state index contributed by atoms with van der Waals surface area (Å²) in [5.41, 5.74) is 1.78. The van der Waals surface area contributed by atoms with E-state index in [0.29, 0.717) is 11.5 Å². The lowest BCUT2D eigenvalue weighted by Gasteiger charge is -2.33. The number of imidazole rings is 1. The van der Waals surface area contributed by atoms with E-state index in [9.17, 15) is 0 Å². The predicted octanol–water partition coefficient (Wildman–Crippen LogP) is 2.76. The number of aryl methyl sites for hydroxylation is 1. The summed E-state index contributed by atoms with van der Waals surface area (Å²) < 4.78 is 7.57. The Balaban J connectivity index is 1.67. The van der Waals surface area contributed by atoms with Crippen LogP contribution in [0.3, 0.4) is 0 Å². The van der Waals surface area contributed by atoms with Gasteiger partial charge in [-0.2, -0.15) is 5.26 Å². The van der Waals surface area contributed by atoms with E-state index in [1.165, 1.54) is 12.8 Å². The second-order valence-electron chi connectivity index (χ2n) is 6.54. The molecular weight excluding hydrogens is 300 g/mol. The highest BCUT2D eigenvalue weighted by Gasteiger charge is 2.22. The molecule has 0 unspecified atom stereocenters. The van der Waals surface area contributed by atoms with Gasteiger partial charge in [0.1, 0.15) is 11.6 Å². The summed E-state index contributed by atoms with van der Waals surface area (Å²) in [4.78, 5) is 6.93. The highest BCUT2D eigenvalue weighted by Crippen LogP contribution is 2.25. The SMILES string of the molecule is COc1ccc(C#N)cc1CN1CCC[C@@H](Cc2nccn2C)C1. The Kier molecular flexibility index (Phi) is 5.17. The van der Waals surface area contributed by atoms with Crippen LogP contribution in [0.2, 0.25) is 0 Å². The van der Waals surface area contributed by atoms with Gasteiger partial charge in [0.15, 0.2) is 0 Å². The van der Waals surface area contributed by atoms with Crippen molar-refractivity contribution in [2.75, 3.05) is 20.2 Å². The van der Waals surface area contributed by atoms with Crippen molar-refractivity contribution in [3.63, 3.8) is 0 Å². The average molecular weight is 324 g/mol. The maximum Gasteiger partial charge on any atom is 0.123 e. The minimum atomic E-state index is 0.630. The van der Waals surface area contributed by atoms with Crippen LogP contribution in [0, 0.1) is 17.2 Å². The first-order valence-corrected chi connectivity index (χ1v) is 8.45. The molecule has 2 heterocycles. The van der Waals surface area contributed by atoms with Crippen LogP contribution in [-0.4, -0.2) is 34.7 Å². The number of nitriles is 1. The van der Waals surface area contributed by atoms with Gasteiger partial charge in [-0.1, -0.05) is 0 Å². The highest BCUT2D eigenvalue weighted by molar-refractivity contribution is 5.42. The molecule has 0 aliphatic carbocycles. The van der Waals surface area contributed by atoms with Gasteiger partial charge >= 0.3 is 0 Å². The van der Waals surface area contributed by atoms with Crippen molar-refractivity contribution in [3.8, 4) is 11.8 Å². The minimum absolute atomic E-state index is 0.630. The maximum absolute atomic E-state index is 9.13. The summed E-state index contributed by atoms with van der Waals surface area (Å²) in [6, 6.07) is 7.86. The zero-order chi connectivity index (χ0) is 16.9. The molecule has 1 aromatic heterocycles. The summed E-state index contributed by atoms with van der Waals surface area (Å²) in [6.07, 6.45) is 7.35. The van der Waals surface area contributed by atoms with Crippen molar-refractivity contribution in [2.45, 2.75) is 25.8 Å². The Labute approximate surface area is 143 Å². The molecule has 1 aromatic carbocycles. The maximum atomic E-state index is 9.13. The Hall–Kier alpha value is -2.32. The quantitative estimate of drug-likeness (QED) is 0.848. The standard InChI is InChI=1S/C19H24N4O/c1-22-9-7-21-19(22)11-16-4-3-8-23(13-16)14-17-10-15(12-20)5-6-18(17)24-2/h5-7,9-10,16H,3-4,8,11,13-14H2,1-2H3/t16-/m0/s1. The highest BCUT2D eigenvalue weighted by atomic mass is 16.5. The molecule has 1 atom stereocenters. The number of aromatic nitrogens is 2. The molecule has 5 nitrogen and oxygen atoms in total. The molecule has 24 heavy (non-hydrogen) atoms. The first kappa shape index (κ1) is 16.5. The van der Waals surface area contributed by atoms with Gasteiger partial charge in [0, 0.05) is 44.5 Å². The molecule has 2 aromatic rings. The molecule has 0 radical (unpaired) electrons. The van der Waals surface area contributed by atoms with Crippen LogP contribution in [0.5, 0.6) is 5.75 Å². The minimum Gasteiger partial charge on any atom is -0.496 e. The molecule has 0 saturated carbocycles. The second-order valence-corrected chi connectivity index (χ2v) is 6.54. The molecule has 126 valence electrons. The third-order valence-corrected chi connectivity index (χ3v) is 4.80. The smallest absolute Gasteiger partial charge is 0.123 e. The summed E-state index contributed by atoms with van der Waals surface area (Å²) in [6.45, 7) is 2.99. The van der Waals surface area contributed by atoms with Crippen molar-refractivity contribution < 1.29 is 4.74 Å². The van der Waals surface area contributed by atoms with Crippen molar-refractivity contribution in [1.82, 2.24) is 14.5 Å². The molecule has 0 bridgehead atoms. The summed E-state index contributed by atoms with van der Waals surface area (Å²) in [5, 5.41) is 9.13. The van der Waals surface area contributed by atoms with Gasteiger partial charge in [-0.25, -0.2) is 4.98 Å². The third-order valence-electron chi connectivity index (χ3n) is 4.80. The fourth-order valence-electron chi connectivity index (χ4n) is 3.53. The molecular formula is C19H24N4O. The van der Waals surface area contributed by atoms with E-state index in [0.717, 1.165) is 43.2 Å². The van der Waals surface area contributed by atoms with Gasteiger partial charge in [0.05, 0.1) is 18.7 Å². The van der Waals surface area contributed by atoms with Crippen LogP contribution < -0.4 is 4.74 Å². The van der Waals surface area contributed by atoms with E-state index in [4.69, 9.17) is 10.00 Å². The zero-order valence-electron chi connectivity index (χ0n) is 14.4. The molecule has 5 heteroatoms. The number of likely N-dealkylation sites (tertiary alicyclic amines) is 1. The number of ether oxygens (including phenoxy) is 1. The lowest BCUT2D eigenvalue weighted by Crippen LogP contribution is -2.36. The van der Waals surface area contributed by atoms with E-state index < -0.39 is 0 Å². The largest absolute Gasteiger partial charge is 0.496 e. The van der Waals surface area contributed by atoms with Gasteiger partial charge in [0.25, 0.3) is 0 Å². The van der Waals surface area contributed by atoms with Gasteiger partial charge in [-0.05, 0) is 43.5 Å². The van der Waals surface area contributed by atoms with Gasteiger partial charge in [-0.15, -0.1) is 0 Å². The lowest BCUT2D eigenvalue weighted by atomic mass is 9.94. The summed E-state index contributed by atoms with van der Waals surface area (Å²) >= 11 is 0. The molecule has 0 spiro atoms. The second kappa shape index (κ2) is 7.50. The Bertz CT molecular complexity index is 731. The fourth-order valence-corrected chi connectivity index (χ4v) is 3.53. The van der Waals surface area contributed by atoms with E-state index in [-0.39, 0.29) is 0 Å². The molecule has 0 N–H and O–H groups in total. The number of benzene rings is 1. The van der Waals surface area contributed by atoms with Crippen molar-refractivity contribution in [3.05, 3.63) is 47.5 Å². The number of methoxy groups -OCH3 is 1. The van der Waals surface area contributed by atoms with E-state index in [1.807, 2.05) is 30.6 Å². The van der Waals surface area contributed by atoms with Crippen molar-refractivity contribution >= 4 is 0 Å². The third kappa shape index (κ3) is 3.77.